The predicted octanol–water partition coefficient (Wildman–Crippen LogP) is 2.38. The molecule has 0 spiro atoms. The van der Waals surface area contributed by atoms with Crippen molar-refractivity contribution >= 4 is 5.91 Å². The van der Waals surface area contributed by atoms with Gasteiger partial charge in [-0.25, -0.2) is 4.98 Å². The van der Waals surface area contributed by atoms with Crippen LogP contribution in [-0.2, 0) is 11.3 Å². The molecule has 22 heavy (non-hydrogen) atoms. The summed E-state index contributed by atoms with van der Waals surface area (Å²) in [5.41, 5.74) is 2.69. The predicted molar refractivity (Wildman–Crippen MR) is 84.4 cm³/mol. The number of rotatable bonds is 4. The van der Waals surface area contributed by atoms with E-state index >= 15 is 0 Å². The van der Waals surface area contributed by atoms with E-state index in [0.29, 0.717) is 24.9 Å². The molecule has 0 unspecified atom stereocenters. The summed E-state index contributed by atoms with van der Waals surface area (Å²) < 4.78 is 1.71. The second-order valence-corrected chi connectivity index (χ2v) is 6.09. The second-order valence-electron chi connectivity index (χ2n) is 6.09. The molecule has 116 valence electrons. The first kappa shape index (κ1) is 14.8. The third-order valence-electron chi connectivity index (χ3n) is 4.54. The third-order valence-corrected chi connectivity index (χ3v) is 4.54. The topological polar surface area (TPSA) is 51.0 Å². The molecule has 1 aliphatic heterocycles. The first-order chi connectivity index (χ1) is 10.6. The van der Waals surface area contributed by atoms with Crippen LogP contribution in [0.3, 0.4) is 0 Å². The molecule has 2 heterocycles. The highest BCUT2D eigenvalue weighted by molar-refractivity contribution is 5.77. The van der Waals surface area contributed by atoms with Crippen molar-refractivity contribution in [2.75, 3.05) is 6.54 Å². The molecule has 3 rings (SSSR count). The second kappa shape index (κ2) is 6.30. The van der Waals surface area contributed by atoms with Gasteiger partial charge in [-0.2, -0.15) is 5.10 Å². The van der Waals surface area contributed by atoms with Gasteiger partial charge in [0.05, 0.1) is 6.54 Å². The van der Waals surface area contributed by atoms with Crippen molar-refractivity contribution in [1.29, 1.82) is 0 Å². The van der Waals surface area contributed by atoms with Gasteiger partial charge in [0.15, 0.2) is 0 Å². The van der Waals surface area contributed by atoms with Crippen LogP contribution >= 0.6 is 0 Å². The highest BCUT2D eigenvalue weighted by atomic mass is 16.2. The molecule has 0 aliphatic carbocycles. The summed E-state index contributed by atoms with van der Waals surface area (Å²) in [6, 6.07) is 8.79. The molecular weight excluding hydrogens is 276 g/mol. The van der Waals surface area contributed by atoms with Crippen molar-refractivity contribution in [2.24, 2.45) is 0 Å². The number of hydrogen-bond donors (Lipinski definition) is 0. The van der Waals surface area contributed by atoms with Crippen LogP contribution in [0.4, 0.5) is 0 Å². The van der Waals surface area contributed by atoms with Gasteiger partial charge >= 0.3 is 0 Å². The number of carbonyl (C=O) groups excluding carboxylic acids is 1. The Morgan fingerprint density at radius 3 is 2.91 bits per heavy atom. The largest absolute Gasteiger partial charge is 0.339 e. The van der Waals surface area contributed by atoms with Gasteiger partial charge in [-0.3, -0.25) is 9.48 Å². The Morgan fingerprint density at radius 2 is 2.18 bits per heavy atom. The number of aryl methyl sites for hydroxylation is 2. The average molecular weight is 298 g/mol. The van der Waals surface area contributed by atoms with Gasteiger partial charge in [-0.1, -0.05) is 24.3 Å². The smallest absolute Gasteiger partial charge is 0.224 e. The number of nitrogens with zero attached hydrogens (tertiary/aromatic N) is 4. The maximum Gasteiger partial charge on any atom is 0.224 e. The van der Waals surface area contributed by atoms with Gasteiger partial charge in [-0.15, -0.1) is 0 Å². The normalized spacial score (nSPS) is 21.3. The summed E-state index contributed by atoms with van der Waals surface area (Å²) in [5, 5.41) is 4.04. The molecule has 0 saturated carbocycles. The minimum absolute atomic E-state index is 0.207. The molecule has 0 bridgehead atoms. The van der Waals surface area contributed by atoms with Crippen molar-refractivity contribution in [3.63, 3.8) is 0 Å². The summed E-state index contributed by atoms with van der Waals surface area (Å²) in [7, 11) is 0. The number of aromatic nitrogens is 3. The number of amides is 1. The minimum Gasteiger partial charge on any atom is -0.339 e. The maximum atomic E-state index is 12.5. The van der Waals surface area contributed by atoms with Crippen LogP contribution in [0.5, 0.6) is 0 Å². The van der Waals surface area contributed by atoms with Gasteiger partial charge in [0, 0.05) is 24.9 Å². The Labute approximate surface area is 131 Å². The average Bonchev–Trinajstić information content (AvgIpc) is 3.15. The van der Waals surface area contributed by atoms with E-state index < -0.39 is 0 Å². The first-order valence-electron chi connectivity index (χ1n) is 7.82. The summed E-state index contributed by atoms with van der Waals surface area (Å²) in [4.78, 5) is 18.4. The highest BCUT2D eigenvalue weighted by Gasteiger charge is 2.33. The van der Waals surface area contributed by atoms with Crippen molar-refractivity contribution in [3.8, 4) is 0 Å². The van der Waals surface area contributed by atoms with Crippen LogP contribution in [0.25, 0.3) is 0 Å². The van der Waals surface area contributed by atoms with E-state index in [4.69, 9.17) is 0 Å². The lowest BCUT2D eigenvalue weighted by molar-refractivity contribution is -0.132. The molecule has 1 aromatic carbocycles. The molecule has 5 heteroatoms. The van der Waals surface area contributed by atoms with Crippen LogP contribution < -0.4 is 0 Å². The lowest BCUT2D eigenvalue weighted by Crippen LogP contribution is -2.34. The molecule has 0 N–H and O–H groups in total. The molecule has 1 aromatic heterocycles. The third kappa shape index (κ3) is 3.03. The molecular formula is C17H22N4O. The zero-order valence-electron chi connectivity index (χ0n) is 13.1. The number of hydrogen-bond acceptors (Lipinski definition) is 3. The minimum atomic E-state index is 0.207. The van der Waals surface area contributed by atoms with E-state index in [2.05, 4.69) is 48.2 Å². The van der Waals surface area contributed by atoms with Gasteiger partial charge in [0.2, 0.25) is 5.91 Å². The number of likely N-dealkylation sites (tertiary alicyclic amines) is 1. The van der Waals surface area contributed by atoms with E-state index in [9.17, 15) is 4.79 Å². The Morgan fingerprint density at radius 1 is 1.36 bits per heavy atom. The Kier molecular flexibility index (Phi) is 4.22. The monoisotopic (exact) mass is 298 g/mol. The standard InChI is InChI=1S/C17H22N4O/c1-13-5-3-4-6-16(13)15-9-14(2)21(10-15)17(22)7-8-20-12-18-11-19-20/h3-6,11-12,14-15H,7-10H2,1-2H3/t14-,15+/m1/s1. The first-order valence-corrected chi connectivity index (χ1v) is 7.82. The Balaban J connectivity index is 1.63. The highest BCUT2D eigenvalue weighted by Crippen LogP contribution is 2.33. The van der Waals surface area contributed by atoms with Crippen molar-refractivity contribution < 1.29 is 4.79 Å². The van der Waals surface area contributed by atoms with Crippen molar-refractivity contribution in [2.45, 2.75) is 45.2 Å². The lowest BCUT2D eigenvalue weighted by Gasteiger charge is -2.21. The van der Waals surface area contributed by atoms with Crippen molar-refractivity contribution in [3.05, 3.63) is 48.0 Å². The fourth-order valence-electron chi connectivity index (χ4n) is 3.35. The molecule has 5 nitrogen and oxygen atoms in total. The summed E-state index contributed by atoms with van der Waals surface area (Å²) in [6.07, 6.45) is 4.67. The van der Waals surface area contributed by atoms with Gasteiger partial charge < -0.3 is 4.90 Å². The van der Waals surface area contributed by atoms with E-state index in [0.717, 1.165) is 13.0 Å². The molecule has 2 aromatic rings. The summed E-state index contributed by atoms with van der Waals surface area (Å²) in [5.74, 6) is 0.658. The number of benzene rings is 1. The van der Waals surface area contributed by atoms with Gasteiger partial charge in [0.25, 0.3) is 0 Å². The summed E-state index contributed by atoms with van der Waals surface area (Å²) in [6.45, 7) is 5.71. The van der Waals surface area contributed by atoms with E-state index in [-0.39, 0.29) is 5.91 Å². The summed E-state index contributed by atoms with van der Waals surface area (Å²) >= 11 is 0. The zero-order chi connectivity index (χ0) is 15.5. The van der Waals surface area contributed by atoms with Gasteiger partial charge in [0.1, 0.15) is 12.7 Å². The van der Waals surface area contributed by atoms with Crippen LogP contribution in [0.15, 0.2) is 36.9 Å². The van der Waals surface area contributed by atoms with E-state index in [1.54, 1.807) is 11.0 Å². The van der Waals surface area contributed by atoms with Gasteiger partial charge in [-0.05, 0) is 31.4 Å². The Bertz CT molecular complexity index is 638. The van der Waals surface area contributed by atoms with Crippen LogP contribution in [0.2, 0.25) is 0 Å². The molecule has 1 fully saturated rings. The van der Waals surface area contributed by atoms with Crippen LogP contribution in [0.1, 0.15) is 36.8 Å². The molecule has 1 aliphatic rings. The molecule has 1 saturated heterocycles. The molecule has 2 atom stereocenters. The Hall–Kier alpha value is -2.17. The molecule has 0 radical (unpaired) electrons. The lowest BCUT2D eigenvalue weighted by atomic mass is 9.93. The fourth-order valence-corrected chi connectivity index (χ4v) is 3.35. The fraction of sp³-hybridized carbons (Fsp3) is 0.471. The van der Waals surface area contributed by atoms with Crippen LogP contribution in [0, 0.1) is 6.92 Å². The van der Waals surface area contributed by atoms with E-state index in [1.807, 2.05) is 4.90 Å². The van der Waals surface area contributed by atoms with Crippen molar-refractivity contribution in [1.82, 2.24) is 19.7 Å². The maximum absolute atomic E-state index is 12.5. The van der Waals surface area contributed by atoms with E-state index in [1.165, 1.54) is 17.5 Å². The molecule has 1 amide bonds. The zero-order valence-corrected chi connectivity index (χ0v) is 13.1. The number of carbonyl (C=O) groups is 1. The SMILES string of the molecule is Cc1ccccc1[C@H]1C[C@@H](C)N(C(=O)CCn2cncn2)C1. The van der Waals surface area contributed by atoms with Crippen LogP contribution in [-0.4, -0.2) is 38.2 Å². The quantitative estimate of drug-likeness (QED) is 0.871.